The molecule has 0 bridgehead atoms. The molecule has 0 radical (unpaired) electrons. The van der Waals surface area contributed by atoms with E-state index in [2.05, 4.69) is 16.8 Å². The minimum absolute atomic E-state index is 0.649. The SMILES string of the molecule is COCCN1CCC2(CCCN(C)C2)CC1. The van der Waals surface area contributed by atoms with Crippen molar-refractivity contribution in [1.82, 2.24) is 9.80 Å². The topological polar surface area (TPSA) is 15.7 Å². The van der Waals surface area contributed by atoms with Crippen molar-refractivity contribution in [2.75, 3.05) is 53.5 Å². The minimum Gasteiger partial charge on any atom is -0.383 e. The van der Waals surface area contributed by atoms with Gasteiger partial charge in [0.15, 0.2) is 0 Å². The Balaban J connectivity index is 1.79. The lowest BCUT2D eigenvalue weighted by molar-refractivity contribution is 0.0261. The predicted molar refractivity (Wildman–Crippen MR) is 66.7 cm³/mol. The third kappa shape index (κ3) is 2.96. The molecule has 0 aromatic carbocycles. The van der Waals surface area contributed by atoms with Crippen LogP contribution in [0.15, 0.2) is 0 Å². The molecule has 16 heavy (non-hydrogen) atoms. The Morgan fingerprint density at radius 1 is 1.12 bits per heavy atom. The molecule has 1 spiro atoms. The summed E-state index contributed by atoms with van der Waals surface area (Å²) >= 11 is 0. The van der Waals surface area contributed by atoms with Crippen molar-refractivity contribution < 1.29 is 4.74 Å². The molecule has 0 aromatic heterocycles. The number of nitrogens with zero attached hydrogens (tertiary/aromatic N) is 2. The molecule has 0 amide bonds. The zero-order valence-electron chi connectivity index (χ0n) is 10.9. The van der Waals surface area contributed by atoms with Crippen molar-refractivity contribution in [3.63, 3.8) is 0 Å². The first-order valence-corrected chi connectivity index (χ1v) is 6.64. The van der Waals surface area contributed by atoms with Gasteiger partial charge in [0.2, 0.25) is 0 Å². The Bertz CT molecular complexity index is 212. The summed E-state index contributed by atoms with van der Waals surface area (Å²) in [5.74, 6) is 0. The van der Waals surface area contributed by atoms with Gasteiger partial charge in [-0.2, -0.15) is 0 Å². The number of ether oxygens (including phenoxy) is 1. The van der Waals surface area contributed by atoms with Crippen molar-refractivity contribution in [2.45, 2.75) is 25.7 Å². The molecule has 0 atom stereocenters. The van der Waals surface area contributed by atoms with E-state index in [1.165, 1.54) is 51.9 Å². The molecule has 2 heterocycles. The van der Waals surface area contributed by atoms with Crippen LogP contribution in [-0.4, -0.2) is 63.3 Å². The molecule has 0 aliphatic carbocycles. The smallest absolute Gasteiger partial charge is 0.0589 e. The average Bonchev–Trinajstić information content (AvgIpc) is 2.28. The molecule has 3 nitrogen and oxygen atoms in total. The second kappa shape index (κ2) is 5.48. The first-order chi connectivity index (χ1) is 7.74. The van der Waals surface area contributed by atoms with Crippen LogP contribution in [0, 0.1) is 5.41 Å². The average molecular weight is 226 g/mol. The largest absolute Gasteiger partial charge is 0.383 e. The van der Waals surface area contributed by atoms with Crippen LogP contribution in [0.1, 0.15) is 25.7 Å². The van der Waals surface area contributed by atoms with Crippen molar-refractivity contribution in [1.29, 1.82) is 0 Å². The Hall–Kier alpha value is -0.120. The van der Waals surface area contributed by atoms with Crippen molar-refractivity contribution in [2.24, 2.45) is 5.41 Å². The highest BCUT2D eigenvalue weighted by molar-refractivity contribution is 4.90. The van der Waals surface area contributed by atoms with Gasteiger partial charge < -0.3 is 14.5 Å². The lowest BCUT2D eigenvalue weighted by atomic mass is 9.72. The number of hydrogen-bond acceptors (Lipinski definition) is 3. The molecule has 2 aliphatic rings. The van der Waals surface area contributed by atoms with Crippen LogP contribution in [-0.2, 0) is 4.74 Å². The monoisotopic (exact) mass is 226 g/mol. The highest BCUT2D eigenvalue weighted by Gasteiger charge is 2.36. The van der Waals surface area contributed by atoms with E-state index in [4.69, 9.17) is 4.74 Å². The van der Waals surface area contributed by atoms with E-state index in [0.717, 1.165) is 13.2 Å². The second-order valence-corrected chi connectivity index (χ2v) is 5.68. The van der Waals surface area contributed by atoms with Gasteiger partial charge in [-0.15, -0.1) is 0 Å². The highest BCUT2D eigenvalue weighted by Crippen LogP contribution is 2.39. The van der Waals surface area contributed by atoms with Gasteiger partial charge in [0.25, 0.3) is 0 Å². The maximum Gasteiger partial charge on any atom is 0.0589 e. The molecule has 2 fully saturated rings. The van der Waals surface area contributed by atoms with Gasteiger partial charge in [-0.3, -0.25) is 0 Å². The summed E-state index contributed by atoms with van der Waals surface area (Å²) in [7, 11) is 4.07. The third-order valence-electron chi connectivity index (χ3n) is 4.38. The summed E-state index contributed by atoms with van der Waals surface area (Å²) in [6.45, 7) is 7.17. The van der Waals surface area contributed by atoms with Gasteiger partial charge in [-0.05, 0) is 57.8 Å². The van der Waals surface area contributed by atoms with Crippen LogP contribution in [0.3, 0.4) is 0 Å². The van der Waals surface area contributed by atoms with Gasteiger partial charge in [0.1, 0.15) is 0 Å². The first-order valence-electron chi connectivity index (χ1n) is 6.64. The molecule has 2 rings (SSSR count). The van der Waals surface area contributed by atoms with Crippen LogP contribution in [0.4, 0.5) is 0 Å². The van der Waals surface area contributed by atoms with Crippen LogP contribution in [0.5, 0.6) is 0 Å². The van der Waals surface area contributed by atoms with E-state index >= 15 is 0 Å². The number of hydrogen-bond donors (Lipinski definition) is 0. The normalized spacial score (nSPS) is 27.4. The van der Waals surface area contributed by atoms with E-state index in [9.17, 15) is 0 Å². The Kier molecular flexibility index (Phi) is 4.22. The van der Waals surface area contributed by atoms with E-state index in [1.807, 2.05) is 0 Å². The molecule has 2 aliphatic heterocycles. The van der Waals surface area contributed by atoms with Gasteiger partial charge in [-0.25, -0.2) is 0 Å². The fraction of sp³-hybridized carbons (Fsp3) is 1.00. The Labute approximate surface area is 99.7 Å². The number of methoxy groups -OCH3 is 1. The molecule has 94 valence electrons. The Morgan fingerprint density at radius 2 is 1.88 bits per heavy atom. The summed E-state index contributed by atoms with van der Waals surface area (Å²) in [6.07, 6.45) is 5.63. The van der Waals surface area contributed by atoms with Crippen LogP contribution < -0.4 is 0 Å². The summed E-state index contributed by atoms with van der Waals surface area (Å²) in [5, 5.41) is 0. The van der Waals surface area contributed by atoms with Crippen LogP contribution >= 0.6 is 0 Å². The molecule has 0 unspecified atom stereocenters. The Morgan fingerprint density at radius 3 is 2.50 bits per heavy atom. The molecule has 0 saturated carbocycles. The number of piperidine rings is 2. The van der Waals surface area contributed by atoms with Gasteiger partial charge >= 0.3 is 0 Å². The first kappa shape index (κ1) is 12.3. The fourth-order valence-corrected chi connectivity index (χ4v) is 3.33. The zero-order chi connectivity index (χ0) is 11.4. The molecular weight excluding hydrogens is 200 g/mol. The van der Waals surface area contributed by atoms with Crippen molar-refractivity contribution in [3.8, 4) is 0 Å². The van der Waals surface area contributed by atoms with E-state index < -0.39 is 0 Å². The van der Waals surface area contributed by atoms with Crippen LogP contribution in [0.25, 0.3) is 0 Å². The summed E-state index contributed by atoms with van der Waals surface area (Å²) in [4.78, 5) is 5.08. The predicted octanol–water partition coefficient (Wildman–Crippen LogP) is 1.44. The standard InChI is InChI=1S/C13H26N2O/c1-14-7-3-4-13(12-14)5-8-15(9-6-13)10-11-16-2/h3-12H2,1-2H3. The number of likely N-dealkylation sites (tertiary alicyclic amines) is 2. The summed E-state index contributed by atoms with van der Waals surface area (Å²) < 4.78 is 5.15. The van der Waals surface area contributed by atoms with E-state index in [-0.39, 0.29) is 0 Å². The lowest BCUT2D eigenvalue weighted by Crippen LogP contribution is -2.48. The van der Waals surface area contributed by atoms with E-state index in [0.29, 0.717) is 5.41 Å². The molecule has 2 saturated heterocycles. The van der Waals surface area contributed by atoms with Gasteiger partial charge in [0, 0.05) is 20.2 Å². The third-order valence-corrected chi connectivity index (χ3v) is 4.38. The molecule has 3 heteroatoms. The van der Waals surface area contributed by atoms with Gasteiger partial charge in [0.05, 0.1) is 6.61 Å². The molecular formula is C13H26N2O. The van der Waals surface area contributed by atoms with Crippen molar-refractivity contribution in [3.05, 3.63) is 0 Å². The molecule has 0 N–H and O–H groups in total. The van der Waals surface area contributed by atoms with E-state index in [1.54, 1.807) is 7.11 Å². The maximum absolute atomic E-state index is 5.15. The minimum atomic E-state index is 0.649. The second-order valence-electron chi connectivity index (χ2n) is 5.68. The van der Waals surface area contributed by atoms with Crippen LogP contribution in [0.2, 0.25) is 0 Å². The van der Waals surface area contributed by atoms with Crippen molar-refractivity contribution >= 4 is 0 Å². The fourth-order valence-electron chi connectivity index (χ4n) is 3.33. The lowest BCUT2D eigenvalue weighted by Gasteiger charge is -2.47. The summed E-state index contributed by atoms with van der Waals surface area (Å²) in [5.41, 5.74) is 0.649. The maximum atomic E-state index is 5.15. The quantitative estimate of drug-likeness (QED) is 0.724. The number of rotatable bonds is 3. The van der Waals surface area contributed by atoms with Gasteiger partial charge in [-0.1, -0.05) is 0 Å². The highest BCUT2D eigenvalue weighted by atomic mass is 16.5. The summed E-state index contributed by atoms with van der Waals surface area (Å²) in [6, 6.07) is 0. The zero-order valence-corrected chi connectivity index (χ0v) is 10.9. The molecule has 0 aromatic rings.